The predicted molar refractivity (Wildman–Crippen MR) is 82.3 cm³/mol. The normalized spacial score (nSPS) is 11.1. The Labute approximate surface area is 130 Å². The maximum Gasteiger partial charge on any atom is 0.350 e. The molecule has 0 bridgehead atoms. The molecule has 2 rings (SSSR count). The number of hydrogen-bond donors (Lipinski definition) is 2. The second-order valence-corrected chi connectivity index (χ2v) is 6.95. The number of halogens is 1. The Morgan fingerprint density at radius 2 is 2.10 bits per heavy atom. The molecule has 3 N–H and O–H groups in total. The van der Waals surface area contributed by atoms with Gasteiger partial charge in [0.05, 0.1) is 18.5 Å². The summed E-state index contributed by atoms with van der Waals surface area (Å²) in [5.41, 5.74) is 5.85. The van der Waals surface area contributed by atoms with Crippen molar-refractivity contribution in [3.63, 3.8) is 0 Å². The van der Waals surface area contributed by atoms with Crippen LogP contribution in [0.1, 0.15) is 9.67 Å². The molecule has 1 aromatic carbocycles. The Kier molecular flexibility index (Phi) is 4.40. The van der Waals surface area contributed by atoms with Crippen LogP contribution in [-0.4, -0.2) is 21.5 Å². The van der Waals surface area contributed by atoms with E-state index in [-0.39, 0.29) is 26.2 Å². The first-order valence-electron chi connectivity index (χ1n) is 5.59. The number of carbonyl (C=O) groups is 1. The molecule has 0 aliphatic heterocycles. The molecular weight excluding hydrogens is 336 g/mol. The molecule has 21 heavy (non-hydrogen) atoms. The molecule has 0 radical (unpaired) electrons. The third kappa shape index (κ3) is 3.29. The summed E-state index contributed by atoms with van der Waals surface area (Å²) in [7, 11) is -2.74. The van der Waals surface area contributed by atoms with E-state index in [0.29, 0.717) is 0 Å². The van der Waals surface area contributed by atoms with E-state index in [1.54, 1.807) is 5.38 Å². The van der Waals surface area contributed by atoms with Crippen molar-refractivity contribution in [1.82, 2.24) is 0 Å². The van der Waals surface area contributed by atoms with Crippen LogP contribution in [0.25, 0.3) is 0 Å². The van der Waals surface area contributed by atoms with Crippen molar-refractivity contribution < 1.29 is 17.9 Å². The molecule has 0 spiro atoms. The fourth-order valence-electron chi connectivity index (χ4n) is 1.58. The third-order valence-corrected chi connectivity index (χ3v) is 5.10. The molecule has 0 amide bonds. The van der Waals surface area contributed by atoms with Gasteiger partial charge < -0.3 is 10.5 Å². The Morgan fingerprint density at radius 3 is 2.76 bits per heavy atom. The average Bonchev–Trinajstić information content (AvgIpc) is 2.87. The summed E-state index contributed by atoms with van der Waals surface area (Å²) in [6.45, 7) is 0. The van der Waals surface area contributed by atoms with Gasteiger partial charge in [-0.25, -0.2) is 13.2 Å². The van der Waals surface area contributed by atoms with Gasteiger partial charge in [0.15, 0.2) is 0 Å². The van der Waals surface area contributed by atoms with E-state index in [1.165, 1.54) is 31.4 Å². The van der Waals surface area contributed by atoms with E-state index >= 15 is 0 Å². The van der Waals surface area contributed by atoms with E-state index in [2.05, 4.69) is 9.46 Å². The SMILES string of the molecule is COC(=O)c1sccc1NS(=O)(=O)c1cc(Cl)ccc1N. The highest BCUT2D eigenvalue weighted by molar-refractivity contribution is 7.93. The third-order valence-electron chi connectivity index (χ3n) is 2.55. The van der Waals surface area contributed by atoms with Gasteiger partial charge in [0.1, 0.15) is 9.77 Å². The number of rotatable bonds is 4. The Balaban J connectivity index is 2.41. The van der Waals surface area contributed by atoms with E-state index < -0.39 is 16.0 Å². The quantitative estimate of drug-likeness (QED) is 0.654. The molecule has 9 heteroatoms. The molecule has 1 heterocycles. The number of anilines is 2. The summed E-state index contributed by atoms with van der Waals surface area (Å²) < 4.78 is 31.6. The van der Waals surface area contributed by atoms with Crippen LogP contribution in [0.4, 0.5) is 11.4 Å². The number of nitrogen functional groups attached to an aromatic ring is 1. The second-order valence-electron chi connectivity index (χ2n) is 3.94. The van der Waals surface area contributed by atoms with E-state index in [0.717, 1.165) is 11.3 Å². The van der Waals surface area contributed by atoms with Crippen molar-refractivity contribution >= 4 is 50.3 Å². The number of methoxy groups -OCH3 is 1. The van der Waals surface area contributed by atoms with Crippen molar-refractivity contribution in [2.75, 3.05) is 17.6 Å². The minimum absolute atomic E-state index is 0.0572. The van der Waals surface area contributed by atoms with Gasteiger partial charge in [-0.15, -0.1) is 11.3 Å². The molecule has 1 aromatic heterocycles. The molecule has 0 saturated carbocycles. The van der Waals surface area contributed by atoms with Gasteiger partial charge in [-0.1, -0.05) is 11.6 Å². The lowest BCUT2D eigenvalue weighted by Crippen LogP contribution is -2.16. The number of esters is 1. The molecule has 0 unspecified atom stereocenters. The van der Waals surface area contributed by atoms with Crippen molar-refractivity contribution in [1.29, 1.82) is 0 Å². The molecule has 0 atom stereocenters. The molecular formula is C12H11ClN2O4S2. The summed E-state index contributed by atoms with van der Waals surface area (Å²) in [6, 6.07) is 5.59. The van der Waals surface area contributed by atoms with Gasteiger partial charge in [0.2, 0.25) is 0 Å². The monoisotopic (exact) mass is 346 g/mol. The Hall–Kier alpha value is -1.77. The summed E-state index contributed by atoms with van der Waals surface area (Å²) in [4.78, 5) is 11.5. The van der Waals surface area contributed by atoms with Gasteiger partial charge in [0, 0.05) is 5.02 Å². The van der Waals surface area contributed by atoms with Crippen molar-refractivity contribution in [2.24, 2.45) is 0 Å². The van der Waals surface area contributed by atoms with Crippen LogP contribution in [0.5, 0.6) is 0 Å². The predicted octanol–water partition coefficient (Wildman–Crippen LogP) is 2.57. The molecule has 0 aliphatic carbocycles. The molecule has 6 nitrogen and oxygen atoms in total. The average molecular weight is 347 g/mol. The Morgan fingerprint density at radius 1 is 1.38 bits per heavy atom. The highest BCUT2D eigenvalue weighted by atomic mass is 35.5. The number of thiophene rings is 1. The molecule has 112 valence electrons. The van der Waals surface area contributed by atoms with Crippen LogP contribution in [0.15, 0.2) is 34.5 Å². The first-order chi connectivity index (χ1) is 9.85. The van der Waals surface area contributed by atoms with Crippen molar-refractivity contribution in [3.05, 3.63) is 39.5 Å². The minimum Gasteiger partial charge on any atom is -0.465 e. The van der Waals surface area contributed by atoms with E-state index in [1.807, 2.05) is 0 Å². The highest BCUT2D eigenvalue weighted by Crippen LogP contribution is 2.28. The maximum atomic E-state index is 12.3. The number of hydrogen-bond acceptors (Lipinski definition) is 6. The van der Waals surface area contributed by atoms with Gasteiger partial charge >= 0.3 is 5.97 Å². The van der Waals surface area contributed by atoms with Crippen molar-refractivity contribution in [3.8, 4) is 0 Å². The van der Waals surface area contributed by atoms with Crippen LogP contribution >= 0.6 is 22.9 Å². The van der Waals surface area contributed by atoms with Crippen LogP contribution < -0.4 is 10.5 Å². The fourth-order valence-corrected chi connectivity index (χ4v) is 3.88. The fraction of sp³-hybridized carbons (Fsp3) is 0.0833. The van der Waals surface area contributed by atoms with E-state index in [9.17, 15) is 13.2 Å². The topological polar surface area (TPSA) is 98.5 Å². The summed E-state index contributed by atoms with van der Waals surface area (Å²) >= 11 is 6.86. The number of nitrogens with one attached hydrogen (secondary N) is 1. The summed E-state index contributed by atoms with van der Waals surface area (Å²) in [5.74, 6) is -0.623. The lowest BCUT2D eigenvalue weighted by Gasteiger charge is -2.10. The minimum atomic E-state index is -3.96. The zero-order chi connectivity index (χ0) is 15.6. The lowest BCUT2D eigenvalue weighted by atomic mass is 10.3. The van der Waals surface area contributed by atoms with Crippen LogP contribution in [0.2, 0.25) is 5.02 Å². The molecule has 0 saturated heterocycles. The zero-order valence-electron chi connectivity index (χ0n) is 10.8. The van der Waals surface area contributed by atoms with Gasteiger partial charge in [-0.3, -0.25) is 4.72 Å². The van der Waals surface area contributed by atoms with Crippen LogP contribution in [-0.2, 0) is 14.8 Å². The van der Waals surface area contributed by atoms with E-state index in [4.69, 9.17) is 17.3 Å². The lowest BCUT2D eigenvalue weighted by molar-refractivity contribution is 0.0607. The number of carbonyl (C=O) groups excluding carboxylic acids is 1. The first kappa shape index (κ1) is 15.6. The van der Waals surface area contributed by atoms with Crippen LogP contribution in [0.3, 0.4) is 0 Å². The maximum absolute atomic E-state index is 12.3. The highest BCUT2D eigenvalue weighted by Gasteiger charge is 2.22. The van der Waals surface area contributed by atoms with Gasteiger partial charge in [-0.2, -0.15) is 0 Å². The first-order valence-corrected chi connectivity index (χ1v) is 8.33. The number of benzene rings is 1. The van der Waals surface area contributed by atoms with Crippen LogP contribution in [0, 0.1) is 0 Å². The second kappa shape index (κ2) is 5.92. The number of nitrogens with two attached hydrogens (primary N) is 1. The molecule has 2 aromatic rings. The van der Waals surface area contributed by atoms with Gasteiger partial charge in [0.25, 0.3) is 10.0 Å². The smallest absolute Gasteiger partial charge is 0.350 e. The van der Waals surface area contributed by atoms with Crippen molar-refractivity contribution in [2.45, 2.75) is 4.90 Å². The largest absolute Gasteiger partial charge is 0.465 e. The Bertz CT molecular complexity index is 786. The number of ether oxygens (including phenoxy) is 1. The molecule has 0 fully saturated rings. The van der Waals surface area contributed by atoms with Gasteiger partial charge in [-0.05, 0) is 29.6 Å². The number of sulfonamides is 1. The zero-order valence-corrected chi connectivity index (χ0v) is 13.2. The summed E-state index contributed by atoms with van der Waals surface area (Å²) in [6.07, 6.45) is 0. The molecule has 0 aliphatic rings. The standard InChI is InChI=1S/C12H11ClN2O4S2/c1-19-12(16)11-9(4-5-20-11)15-21(17,18)10-6-7(13)2-3-8(10)14/h2-6,15H,14H2,1H3. The summed E-state index contributed by atoms with van der Waals surface area (Å²) in [5, 5.41) is 1.81.